The van der Waals surface area contributed by atoms with Crippen molar-refractivity contribution in [2.24, 2.45) is 0 Å². The molecule has 6 nitrogen and oxygen atoms in total. The third-order valence-electron chi connectivity index (χ3n) is 2.73. The molecule has 0 unspecified atom stereocenters. The highest BCUT2D eigenvalue weighted by Crippen LogP contribution is 2.30. The van der Waals surface area contributed by atoms with Gasteiger partial charge in [-0.3, -0.25) is 10.1 Å². The molecule has 0 spiro atoms. The lowest BCUT2D eigenvalue weighted by Gasteiger charge is -2.10. The van der Waals surface area contributed by atoms with E-state index in [-0.39, 0.29) is 10.6 Å². The van der Waals surface area contributed by atoms with Crippen LogP contribution in [-0.2, 0) is 6.54 Å². The van der Waals surface area contributed by atoms with Gasteiger partial charge < -0.3 is 9.88 Å². The Kier molecular flexibility index (Phi) is 4.16. The first-order valence-corrected chi connectivity index (χ1v) is 6.51. The number of imidazole rings is 1. The van der Waals surface area contributed by atoms with Gasteiger partial charge in [-0.2, -0.15) is 0 Å². The number of aromatic nitrogens is 2. The van der Waals surface area contributed by atoms with E-state index in [9.17, 15) is 10.1 Å². The average Bonchev–Trinajstić information content (AvgIpc) is 2.85. The predicted octanol–water partition coefficient (Wildman–Crippen LogP) is 2.97. The van der Waals surface area contributed by atoms with Crippen LogP contribution < -0.4 is 5.32 Å². The van der Waals surface area contributed by atoms with Crippen molar-refractivity contribution in [2.45, 2.75) is 13.5 Å². The van der Waals surface area contributed by atoms with E-state index < -0.39 is 0 Å². The van der Waals surface area contributed by atoms with Crippen molar-refractivity contribution in [3.05, 3.63) is 51.0 Å². The molecule has 0 aliphatic rings. The number of benzene rings is 1. The molecule has 2 aromatic rings. The average molecular weight is 325 g/mol. The maximum atomic E-state index is 10.8. The zero-order valence-corrected chi connectivity index (χ0v) is 11.9. The molecule has 0 radical (unpaired) electrons. The molecule has 1 aromatic carbocycles. The quantitative estimate of drug-likeness (QED) is 0.677. The summed E-state index contributed by atoms with van der Waals surface area (Å²) in [6.45, 7) is 3.22. The van der Waals surface area contributed by atoms with Crippen LogP contribution in [-0.4, -0.2) is 21.0 Å². The Bertz CT molecular complexity index is 584. The minimum atomic E-state index is -0.380. The van der Waals surface area contributed by atoms with Crippen LogP contribution in [0, 0.1) is 17.0 Å². The first-order chi connectivity index (χ1) is 9.08. The number of nitrogens with zero attached hydrogens (tertiary/aromatic N) is 3. The van der Waals surface area contributed by atoms with Crippen LogP contribution in [0.3, 0.4) is 0 Å². The molecule has 100 valence electrons. The zero-order valence-electron chi connectivity index (χ0n) is 10.3. The van der Waals surface area contributed by atoms with Crippen molar-refractivity contribution in [3.8, 4) is 0 Å². The number of halogens is 1. The van der Waals surface area contributed by atoms with Crippen molar-refractivity contribution in [1.29, 1.82) is 0 Å². The molecular weight excluding hydrogens is 312 g/mol. The summed E-state index contributed by atoms with van der Waals surface area (Å²) in [7, 11) is 0. The van der Waals surface area contributed by atoms with Gasteiger partial charge in [0.15, 0.2) is 0 Å². The lowest BCUT2D eigenvalue weighted by molar-refractivity contribution is -0.385. The largest absolute Gasteiger partial charge is 0.382 e. The summed E-state index contributed by atoms with van der Waals surface area (Å²) in [5.41, 5.74) is 1.61. The fraction of sp³-hybridized carbons (Fsp3) is 0.250. The van der Waals surface area contributed by atoms with Crippen LogP contribution >= 0.6 is 15.9 Å². The maximum Gasteiger partial charge on any atom is 0.273 e. The van der Waals surface area contributed by atoms with Gasteiger partial charge in [0.05, 0.1) is 11.3 Å². The summed E-state index contributed by atoms with van der Waals surface area (Å²) in [4.78, 5) is 14.4. The molecular formula is C12H13BrN4O2. The molecule has 1 N–H and O–H groups in total. The fourth-order valence-corrected chi connectivity index (χ4v) is 2.21. The van der Waals surface area contributed by atoms with Crippen LogP contribution in [0.15, 0.2) is 35.3 Å². The molecule has 0 amide bonds. The van der Waals surface area contributed by atoms with Crippen LogP contribution in [0.1, 0.15) is 5.56 Å². The van der Waals surface area contributed by atoms with Crippen LogP contribution in [0.25, 0.3) is 0 Å². The van der Waals surface area contributed by atoms with Crippen molar-refractivity contribution in [3.63, 3.8) is 0 Å². The lowest BCUT2D eigenvalue weighted by Crippen LogP contribution is -2.09. The summed E-state index contributed by atoms with van der Waals surface area (Å²) in [5.74, 6) is 0. The summed E-state index contributed by atoms with van der Waals surface area (Å²) < 4.78 is 2.65. The normalized spacial score (nSPS) is 10.4. The second-order valence-corrected chi connectivity index (χ2v) is 4.96. The minimum absolute atomic E-state index is 0.118. The number of nitro groups is 1. The van der Waals surface area contributed by atoms with E-state index in [1.807, 2.05) is 10.8 Å². The van der Waals surface area contributed by atoms with E-state index in [1.165, 1.54) is 6.07 Å². The Hall–Kier alpha value is -1.89. The highest BCUT2D eigenvalue weighted by atomic mass is 79.9. The minimum Gasteiger partial charge on any atom is -0.382 e. The molecule has 0 fully saturated rings. The number of nitro benzene ring substituents is 1. The monoisotopic (exact) mass is 324 g/mol. The van der Waals surface area contributed by atoms with E-state index in [0.29, 0.717) is 16.6 Å². The topological polar surface area (TPSA) is 73.0 Å². The van der Waals surface area contributed by atoms with Gasteiger partial charge in [0.1, 0.15) is 0 Å². The predicted molar refractivity (Wildman–Crippen MR) is 76.3 cm³/mol. The first-order valence-electron chi connectivity index (χ1n) is 5.72. The van der Waals surface area contributed by atoms with E-state index in [2.05, 4.69) is 26.2 Å². The summed E-state index contributed by atoms with van der Waals surface area (Å²) in [5, 5.41) is 14.0. The van der Waals surface area contributed by atoms with E-state index >= 15 is 0 Å². The van der Waals surface area contributed by atoms with E-state index in [0.717, 1.165) is 12.2 Å². The molecule has 7 heteroatoms. The van der Waals surface area contributed by atoms with E-state index in [1.54, 1.807) is 25.5 Å². The lowest BCUT2D eigenvalue weighted by atomic mass is 10.2. The SMILES string of the molecule is Cc1cc(NCCn2ccnc2)c(Br)cc1[N+](=O)[O-]. The van der Waals surface area contributed by atoms with Gasteiger partial charge in [-0.15, -0.1) is 0 Å². The molecule has 0 atom stereocenters. The number of hydrogen-bond donors (Lipinski definition) is 1. The fourth-order valence-electron chi connectivity index (χ4n) is 1.74. The standard InChI is InChI=1S/C12H13BrN4O2/c1-9-6-11(10(13)7-12(9)17(18)19)15-3-5-16-4-2-14-8-16/h2,4,6-8,15H,3,5H2,1H3. The Labute approximate surface area is 118 Å². The van der Waals surface area contributed by atoms with Gasteiger partial charge in [-0.1, -0.05) is 0 Å². The highest BCUT2D eigenvalue weighted by molar-refractivity contribution is 9.10. The van der Waals surface area contributed by atoms with Crippen molar-refractivity contribution in [1.82, 2.24) is 9.55 Å². The summed E-state index contributed by atoms with van der Waals surface area (Å²) in [6, 6.07) is 3.30. The molecule has 0 aliphatic carbocycles. The van der Waals surface area contributed by atoms with Gasteiger partial charge in [0, 0.05) is 47.3 Å². The first kappa shape index (κ1) is 13.5. The Morgan fingerprint density at radius 3 is 2.95 bits per heavy atom. The number of rotatable bonds is 5. The van der Waals surface area contributed by atoms with Crippen molar-refractivity contribution in [2.75, 3.05) is 11.9 Å². The molecule has 0 aliphatic heterocycles. The molecule has 1 heterocycles. The van der Waals surface area contributed by atoms with Gasteiger partial charge in [0.25, 0.3) is 5.69 Å². The van der Waals surface area contributed by atoms with Gasteiger partial charge in [-0.05, 0) is 28.9 Å². The zero-order chi connectivity index (χ0) is 13.8. The Balaban J connectivity index is 2.04. The highest BCUT2D eigenvalue weighted by Gasteiger charge is 2.13. The summed E-state index contributed by atoms with van der Waals surface area (Å²) >= 11 is 3.34. The summed E-state index contributed by atoms with van der Waals surface area (Å²) in [6.07, 6.45) is 5.36. The molecule has 0 bridgehead atoms. The second-order valence-electron chi connectivity index (χ2n) is 4.10. The van der Waals surface area contributed by atoms with Crippen molar-refractivity contribution < 1.29 is 4.92 Å². The third-order valence-corrected chi connectivity index (χ3v) is 3.38. The Morgan fingerprint density at radius 1 is 1.53 bits per heavy atom. The van der Waals surface area contributed by atoms with E-state index in [4.69, 9.17) is 0 Å². The Morgan fingerprint density at radius 2 is 2.32 bits per heavy atom. The van der Waals surface area contributed by atoms with Crippen LogP contribution in [0.4, 0.5) is 11.4 Å². The molecule has 19 heavy (non-hydrogen) atoms. The van der Waals surface area contributed by atoms with Gasteiger partial charge in [0.2, 0.25) is 0 Å². The number of hydrogen-bond acceptors (Lipinski definition) is 4. The molecule has 0 saturated carbocycles. The second kappa shape index (κ2) is 5.83. The number of anilines is 1. The van der Waals surface area contributed by atoms with Crippen molar-refractivity contribution >= 4 is 27.3 Å². The van der Waals surface area contributed by atoms with Gasteiger partial charge >= 0.3 is 0 Å². The molecule has 1 aromatic heterocycles. The van der Waals surface area contributed by atoms with Gasteiger partial charge in [-0.25, -0.2) is 4.98 Å². The molecule has 0 saturated heterocycles. The third kappa shape index (κ3) is 3.31. The smallest absolute Gasteiger partial charge is 0.273 e. The maximum absolute atomic E-state index is 10.8. The number of aryl methyl sites for hydroxylation is 1. The van der Waals surface area contributed by atoms with Crippen LogP contribution in [0.2, 0.25) is 0 Å². The number of nitrogens with one attached hydrogen (secondary N) is 1. The van der Waals surface area contributed by atoms with Crippen LogP contribution in [0.5, 0.6) is 0 Å². The molecule has 2 rings (SSSR count).